The first kappa shape index (κ1) is 16.4. The predicted octanol–water partition coefficient (Wildman–Crippen LogP) is 1.92. The second-order valence-electron chi connectivity index (χ2n) is 5.73. The molecule has 0 aliphatic carbocycles. The number of carbonyl (C=O) groups excluding carboxylic acids is 1. The molecule has 0 spiro atoms. The number of nitrogens with one attached hydrogen (secondary N) is 2. The summed E-state index contributed by atoms with van der Waals surface area (Å²) in [5.41, 5.74) is 0. The van der Waals surface area contributed by atoms with Crippen LogP contribution in [0.5, 0.6) is 0 Å². The van der Waals surface area contributed by atoms with Gasteiger partial charge in [-0.1, -0.05) is 0 Å². The van der Waals surface area contributed by atoms with E-state index in [2.05, 4.69) is 30.5 Å². The van der Waals surface area contributed by atoms with E-state index in [1.54, 1.807) is 0 Å². The zero-order valence-electron chi connectivity index (χ0n) is 13.8. The fourth-order valence-electron chi connectivity index (χ4n) is 2.40. The summed E-state index contributed by atoms with van der Waals surface area (Å²) in [5, 5.41) is 8.27. The first-order chi connectivity index (χ1) is 11.6. The molecule has 3 rings (SSSR count). The van der Waals surface area contributed by atoms with Crippen molar-refractivity contribution in [3.8, 4) is 0 Å². The molecule has 0 bridgehead atoms. The molecule has 2 aromatic heterocycles. The van der Waals surface area contributed by atoms with E-state index < -0.39 is 0 Å². The lowest BCUT2D eigenvalue weighted by atomic mass is 10.4. The van der Waals surface area contributed by atoms with Crippen molar-refractivity contribution in [2.24, 2.45) is 0 Å². The molecule has 9 heteroatoms. The lowest BCUT2D eigenvalue weighted by Crippen LogP contribution is -2.30. The molecule has 1 fully saturated rings. The smallest absolute Gasteiger partial charge is 0.320 e. The highest BCUT2D eigenvalue weighted by Crippen LogP contribution is 2.18. The van der Waals surface area contributed by atoms with E-state index in [0.717, 1.165) is 30.9 Å². The Bertz CT molecular complexity index is 683. The normalized spacial score (nSPS) is 13.8. The maximum atomic E-state index is 11.9. The van der Waals surface area contributed by atoms with Gasteiger partial charge in [0.05, 0.1) is 11.5 Å². The highest BCUT2D eigenvalue weighted by atomic mass is 32.1. The number of amides is 2. The van der Waals surface area contributed by atoms with E-state index in [1.807, 2.05) is 36.5 Å². The van der Waals surface area contributed by atoms with Crippen molar-refractivity contribution >= 4 is 34.3 Å². The van der Waals surface area contributed by atoms with Gasteiger partial charge in [0.1, 0.15) is 0 Å². The summed E-state index contributed by atoms with van der Waals surface area (Å²) in [6.07, 6.45) is 2.31. The first-order valence-corrected chi connectivity index (χ1v) is 8.75. The molecule has 3 heterocycles. The Labute approximate surface area is 144 Å². The minimum Gasteiger partial charge on any atom is -0.347 e. The topological polar surface area (TPSA) is 86.3 Å². The third kappa shape index (κ3) is 4.10. The summed E-state index contributed by atoms with van der Waals surface area (Å²) in [4.78, 5) is 29.4. The second-order valence-corrected chi connectivity index (χ2v) is 6.67. The van der Waals surface area contributed by atoms with E-state index in [0.29, 0.717) is 17.7 Å². The third-order valence-corrected chi connectivity index (χ3v) is 4.40. The van der Waals surface area contributed by atoms with Crippen molar-refractivity contribution in [3.05, 3.63) is 23.3 Å². The Balaban J connectivity index is 1.68. The monoisotopic (exact) mass is 347 g/mol. The highest BCUT2D eigenvalue weighted by molar-refractivity contribution is 7.14. The van der Waals surface area contributed by atoms with Gasteiger partial charge in [0.25, 0.3) is 0 Å². The molecule has 0 aromatic carbocycles. The molecule has 1 aliphatic rings. The summed E-state index contributed by atoms with van der Waals surface area (Å²) in [6, 6.07) is 3.47. The van der Waals surface area contributed by atoms with Crippen LogP contribution in [0.3, 0.4) is 0 Å². The molecule has 24 heavy (non-hydrogen) atoms. The molecule has 2 amide bonds. The molecular formula is C15H21N7OS. The van der Waals surface area contributed by atoms with Gasteiger partial charge < -0.3 is 15.1 Å². The van der Waals surface area contributed by atoms with Gasteiger partial charge in [-0.2, -0.15) is 15.0 Å². The number of aromatic nitrogens is 3. The predicted molar refractivity (Wildman–Crippen MR) is 95.8 cm³/mol. The van der Waals surface area contributed by atoms with Crippen molar-refractivity contribution in [1.29, 1.82) is 0 Å². The molecule has 2 N–H and O–H groups in total. The van der Waals surface area contributed by atoms with Gasteiger partial charge >= 0.3 is 6.03 Å². The van der Waals surface area contributed by atoms with Crippen LogP contribution in [0.4, 0.5) is 21.7 Å². The maximum absolute atomic E-state index is 11.9. The van der Waals surface area contributed by atoms with Gasteiger partial charge in [0.15, 0.2) is 5.82 Å². The van der Waals surface area contributed by atoms with Crippen LogP contribution in [0, 0.1) is 0 Å². The van der Waals surface area contributed by atoms with Crippen molar-refractivity contribution in [2.45, 2.75) is 19.4 Å². The number of urea groups is 1. The fraction of sp³-hybridized carbons (Fsp3) is 0.467. The zero-order valence-corrected chi connectivity index (χ0v) is 14.6. The van der Waals surface area contributed by atoms with Crippen LogP contribution >= 0.6 is 11.3 Å². The first-order valence-electron chi connectivity index (χ1n) is 7.87. The van der Waals surface area contributed by atoms with Crippen molar-refractivity contribution in [2.75, 3.05) is 42.3 Å². The van der Waals surface area contributed by atoms with Gasteiger partial charge in [-0.05, 0) is 30.4 Å². The van der Waals surface area contributed by atoms with Crippen molar-refractivity contribution in [3.63, 3.8) is 0 Å². The minimum atomic E-state index is -0.271. The average molecular weight is 347 g/mol. The second kappa shape index (κ2) is 7.43. The van der Waals surface area contributed by atoms with Crippen LogP contribution in [0.2, 0.25) is 0 Å². The summed E-state index contributed by atoms with van der Waals surface area (Å²) >= 11 is 1.47. The van der Waals surface area contributed by atoms with Gasteiger partial charge in [-0.15, -0.1) is 11.3 Å². The van der Waals surface area contributed by atoms with E-state index in [-0.39, 0.29) is 12.6 Å². The van der Waals surface area contributed by atoms with E-state index in [4.69, 9.17) is 0 Å². The van der Waals surface area contributed by atoms with Crippen LogP contribution in [0.15, 0.2) is 17.5 Å². The Morgan fingerprint density at radius 1 is 1.29 bits per heavy atom. The lowest BCUT2D eigenvalue weighted by Gasteiger charge is -2.18. The van der Waals surface area contributed by atoms with Crippen LogP contribution < -0.4 is 20.4 Å². The standard InChI is InChI=1S/C15H21N7OS/c1-21(2)13-17-11(18-14(20-13)22-7-3-4-8-22)10-16-15(23)19-12-6-5-9-24-12/h5-6,9H,3-4,7-8,10H2,1-2H3,(H2,16,19,23). The quantitative estimate of drug-likeness (QED) is 0.859. The van der Waals surface area contributed by atoms with Crippen molar-refractivity contribution in [1.82, 2.24) is 20.3 Å². The van der Waals surface area contributed by atoms with E-state index in [9.17, 15) is 4.79 Å². The van der Waals surface area contributed by atoms with Crippen molar-refractivity contribution < 1.29 is 4.79 Å². The van der Waals surface area contributed by atoms with Gasteiger partial charge in [0, 0.05) is 27.2 Å². The SMILES string of the molecule is CN(C)c1nc(CNC(=O)Nc2cccs2)nc(N2CCCC2)n1. The Kier molecular flexibility index (Phi) is 5.09. The number of hydrogen-bond acceptors (Lipinski definition) is 7. The Morgan fingerprint density at radius 2 is 2.08 bits per heavy atom. The Hall–Kier alpha value is -2.42. The largest absolute Gasteiger partial charge is 0.347 e. The molecule has 1 aliphatic heterocycles. The summed E-state index contributed by atoms with van der Waals surface area (Å²) in [5.74, 6) is 1.83. The lowest BCUT2D eigenvalue weighted by molar-refractivity contribution is 0.251. The third-order valence-electron chi connectivity index (χ3n) is 3.61. The van der Waals surface area contributed by atoms with Gasteiger partial charge in [-0.3, -0.25) is 5.32 Å². The summed E-state index contributed by atoms with van der Waals surface area (Å²) < 4.78 is 0. The van der Waals surface area contributed by atoms with Crippen LogP contribution in [-0.4, -0.2) is 48.2 Å². The number of anilines is 3. The summed E-state index contributed by atoms with van der Waals surface area (Å²) in [7, 11) is 3.79. The van der Waals surface area contributed by atoms with Crippen LogP contribution in [0.1, 0.15) is 18.7 Å². The van der Waals surface area contributed by atoms with Gasteiger partial charge in [-0.25, -0.2) is 4.79 Å². The number of nitrogens with zero attached hydrogens (tertiary/aromatic N) is 5. The molecule has 0 radical (unpaired) electrons. The molecule has 0 saturated carbocycles. The van der Waals surface area contributed by atoms with E-state index in [1.165, 1.54) is 11.3 Å². The minimum absolute atomic E-state index is 0.251. The fourth-order valence-corrected chi connectivity index (χ4v) is 3.01. The maximum Gasteiger partial charge on any atom is 0.320 e. The molecule has 1 saturated heterocycles. The molecule has 0 unspecified atom stereocenters. The number of carbonyl (C=O) groups is 1. The van der Waals surface area contributed by atoms with Crippen LogP contribution in [-0.2, 0) is 6.54 Å². The molecule has 8 nitrogen and oxygen atoms in total. The summed E-state index contributed by atoms with van der Waals surface area (Å²) in [6.45, 7) is 2.17. The number of rotatable bonds is 5. The van der Waals surface area contributed by atoms with Gasteiger partial charge in [0.2, 0.25) is 11.9 Å². The average Bonchev–Trinajstić information content (AvgIpc) is 3.26. The Morgan fingerprint density at radius 3 is 2.75 bits per heavy atom. The molecular weight excluding hydrogens is 326 g/mol. The number of hydrogen-bond donors (Lipinski definition) is 2. The van der Waals surface area contributed by atoms with E-state index >= 15 is 0 Å². The molecule has 0 atom stereocenters. The van der Waals surface area contributed by atoms with Crippen LogP contribution in [0.25, 0.3) is 0 Å². The molecule has 128 valence electrons. The zero-order chi connectivity index (χ0) is 16.9. The number of thiophene rings is 1. The highest BCUT2D eigenvalue weighted by Gasteiger charge is 2.18. The molecule has 2 aromatic rings.